The molecule has 1 aromatic carbocycles. The molecule has 18 heavy (non-hydrogen) atoms. The fourth-order valence-electron chi connectivity index (χ4n) is 1.41. The lowest BCUT2D eigenvalue weighted by Crippen LogP contribution is -1.98. The maximum atomic E-state index is 10.8. The van der Waals surface area contributed by atoms with Crippen molar-refractivity contribution in [3.8, 4) is 17.4 Å². The van der Waals surface area contributed by atoms with Crippen molar-refractivity contribution >= 4 is 5.97 Å². The molecule has 2 rings (SSSR count). The van der Waals surface area contributed by atoms with Crippen molar-refractivity contribution in [3.05, 3.63) is 48.2 Å². The lowest BCUT2D eigenvalue weighted by molar-refractivity contribution is 0.0696. The fraction of sp³-hybridized carbons (Fsp3) is 0.0769. The zero-order valence-electron chi connectivity index (χ0n) is 9.66. The van der Waals surface area contributed by atoms with E-state index in [2.05, 4.69) is 4.98 Å². The lowest BCUT2D eigenvalue weighted by Gasteiger charge is -2.09. The number of aromatic carboxylic acids is 1. The summed E-state index contributed by atoms with van der Waals surface area (Å²) < 4.78 is 10.6. The van der Waals surface area contributed by atoms with Crippen molar-refractivity contribution in [1.29, 1.82) is 0 Å². The van der Waals surface area contributed by atoms with Gasteiger partial charge in [-0.05, 0) is 18.2 Å². The van der Waals surface area contributed by atoms with Crippen LogP contribution in [0.15, 0.2) is 42.6 Å². The van der Waals surface area contributed by atoms with Gasteiger partial charge in [0.2, 0.25) is 5.88 Å². The predicted molar refractivity (Wildman–Crippen MR) is 64.3 cm³/mol. The summed E-state index contributed by atoms with van der Waals surface area (Å²) in [5.74, 6) is 0.219. The number of aromatic nitrogens is 1. The van der Waals surface area contributed by atoms with Gasteiger partial charge in [-0.3, -0.25) is 0 Å². The number of hydrogen-bond donors (Lipinski definition) is 1. The number of benzene rings is 1. The van der Waals surface area contributed by atoms with Gasteiger partial charge in [-0.15, -0.1) is 0 Å². The molecule has 2 aromatic rings. The second-order valence-corrected chi connectivity index (χ2v) is 3.44. The Bertz CT molecular complexity index is 568. The number of para-hydroxylation sites is 2. The van der Waals surface area contributed by atoms with Crippen molar-refractivity contribution in [1.82, 2.24) is 4.98 Å². The van der Waals surface area contributed by atoms with Crippen LogP contribution in [0.2, 0.25) is 0 Å². The SMILES string of the molecule is COc1ccccc1Oc1cc(C(=O)O)ccn1. The van der Waals surface area contributed by atoms with Gasteiger partial charge in [0.1, 0.15) is 0 Å². The highest BCUT2D eigenvalue weighted by Gasteiger charge is 2.08. The van der Waals surface area contributed by atoms with E-state index in [1.807, 2.05) is 6.07 Å². The first kappa shape index (κ1) is 11.9. The van der Waals surface area contributed by atoms with Crippen LogP contribution in [0, 0.1) is 0 Å². The quantitative estimate of drug-likeness (QED) is 0.896. The Morgan fingerprint density at radius 3 is 2.61 bits per heavy atom. The molecule has 0 aliphatic rings. The monoisotopic (exact) mass is 245 g/mol. The Kier molecular flexibility index (Phi) is 3.43. The van der Waals surface area contributed by atoms with E-state index in [9.17, 15) is 4.79 Å². The summed E-state index contributed by atoms with van der Waals surface area (Å²) in [7, 11) is 1.53. The normalized spacial score (nSPS) is 9.83. The average Bonchev–Trinajstić information content (AvgIpc) is 2.39. The number of methoxy groups -OCH3 is 1. The second kappa shape index (κ2) is 5.18. The molecule has 1 N–H and O–H groups in total. The molecular formula is C13H11NO4. The summed E-state index contributed by atoms with van der Waals surface area (Å²) in [5.41, 5.74) is 0.120. The molecule has 1 aromatic heterocycles. The van der Waals surface area contributed by atoms with E-state index in [0.717, 1.165) is 0 Å². The molecule has 0 aliphatic heterocycles. The molecule has 0 atom stereocenters. The fourth-order valence-corrected chi connectivity index (χ4v) is 1.41. The van der Waals surface area contributed by atoms with E-state index in [-0.39, 0.29) is 11.4 Å². The highest BCUT2D eigenvalue weighted by Crippen LogP contribution is 2.29. The van der Waals surface area contributed by atoms with Crippen LogP contribution in [0.1, 0.15) is 10.4 Å². The van der Waals surface area contributed by atoms with E-state index in [1.165, 1.54) is 25.4 Å². The van der Waals surface area contributed by atoms with Gasteiger partial charge in [0.05, 0.1) is 12.7 Å². The molecule has 1 heterocycles. The average molecular weight is 245 g/mol. The molecule has 5 nitrogen and oxygen atoms in total. The molecular weight excluding hydrogens is 234 g/mol. The van der Waals surface area contributed by atoms with Crippen LogP contribution < -0.4 is 9.47 Å². The number of ether oxygens (including phenoxy) is 2. The molecule has 0 spiro atoms. The van der Waals surface area contributed by atoms with Crippen molar-refractivity contribution in [2.45, 2.75) is 0 Å². The molecule has 0 saturated carbocycles. The van der Waals surface area contributed by atoms with Crippen LogP contribution in [0.5, 0.6) is 17.4 Å². The first-order valence-electron chi connectivity index (χ1n) is 5.21. The molecule has 0 radical (unpaired) electrons. The van der Waals surface area contributed by atoms with Crippen LogP contribution in [0.3, 0.4) is 0 Å². The van der Waals surface area contributed by atoms with Gasteiger partial charge in [0.15, 0.2) is 11.5 Å². The Labute approximate surface area is 104 Å². The van der Waals surface area contributed by atoms with Gasteiger partial charge < -0.3 is 14.6 Å². The number of rotatable bonds is 4. The molecule has 0 saturated heterocycles. The molecule has 5 heteroatoms. The van der Waals surface area contributed by atoms with Gasteiger partial charge in [0.25, 0.3) is 0 Å². The van der Waals surface area contributed by atoms with Gasteiger partial charge in [-0.2, -0.15) is 0 Å². The number of hydrogen-bond acceptors (Lipinski definition) is 4. The third-order valence-corrected chi connectivity index (χ3v) is 2.27. The minimum absolute atomic E-state index is 0.120. The van der Waals surface area contributed by atoms with E-state index >= 15 is 0 Å². The number of carboxylic acid groups (broad SMARTS) is 1. The molecule has 92 valence electrons. The van der Waals surface area contributed by atoms with Crippen molar-refractivity contribution in [2.24, 2.45) is 0 Å². The maximum absolute atomic E-state index is 10.8. The molecule has 0 unspecified atom stereocenters. The summed E-state index contributed by atoms with van der Waals surface area (Å²) in [4.78, 5) is 14.8. The number of nitrogens with zero attached hydrogens (tertiary/aromatic N) is 1. The first-order valence-corrected chi connectivity index (χ1v) is 5.21. The number of carbonyl (C=O) groups is 1. The van der Waals surface area contributed by atoms with Crippen LogP contribution in [0.4, 0.5) is 0 Å². The largest absolute Gasteiger partial charge is 0.493 e. The topological polar surface area (TPSA) is 68.7 Å². The third kappa shape index (κ3) is 2.57. The molecule has 0 bridgehead atoms. The highest BCUT2D eigenvalue weighted by molar-refractivity contribution is 5.87. The van der Waals surface area contributed by atoms with Crippen LogP contribution >= 0.6 is 0 Å². The zero-order chi connectivity index (χ0) is 13.0. The minimum Gasteiger partial charge on any atom is -0.493 e. The van der Waals surface area contributed by atoms with E-state index in [0.29, 0.717) is 11.5 Å². The van der Waals surface area contributed by atoms with Gasteiger partial charge in [-0.1, -0.05) is 12.1 Å². The van der Waals surface area contributed by atoms with E-state index in [1.54, 1.807) is 18.2 Å². The number of carboxylic acids is 1. The summed E-state index contributed by atoms with van der Waals surface area (Å²) in [6.45, 7) is 0. The lowest BCUT2D eigenvalue weighted by atomic mass is 10.3. The Morgan fingerprint density at radius 2 is 1.94 bits per heavy atom. The van der Waals surface area contributed by atoms with E-state index in [4.69, 9.17) is 14.6 Å². The highest BCUT2D eigenvalue weighted by atomic mass is 16.5. The third-order valence-electron chi connectivity index (χ3n) is 2.27. The van der Waals surface area contributed by atoms with Crippen molar-refractivity contribution in [2.75, 3.05) is 7.11 Å². The maximum Gasteiger partial charge on any atom is 0.335 e. The minimum atomic E-state index is -1.03. The van der Waals surface area contributed by atoms with Crippen molar-refractivity contribution < 1.29 is 19.4 Å². The van der Waals surface area contributed by atoms with Crippen LogP contribution in [-0.2, 0) is 0 Å². The van der Waals surface area contributed by atoms with Crippen LogP contribution in [0.25, 0.3) is 0 Å². The van der Waals surface area contributed by atoms with Crippen molar-refractivity contribution in [3.63, 3.8) is 0 Å². The Morgan fingerprint density at radius 1 is 1.22 bits per heavy atom. The molecule has 0 fully saturated rings. The van der Waals surface area contributed by atoms with Crippen LogP contribution in [-0.4, -0.2) is 23.2 Å². The zero-order valence-corrected chi connectivity index (χ0v) is 9.66. The summed E-state index contributed by atoms with van der Waals surface area (Å²) >= 11 is 0. The molecule has 0 aliphatic carbocycles. The smallest absolute Gasteiger partial charge is 0.335 e. The predicted octanol–water partition coefficient (Wildman–Crippen LogP) is 2.58. The first-order chi connectivity index (χ1) is 8.70. The Hall–Kier alpha value is -2.56. The standard InChI is InChI=1S/C13H11NO4/c1-17-10-4-2-3-5-11(10)18-12-8-9(13(15)16)6-7-14-12/h2-8H,1H3,(H,15,16). The van der Waals surface area contributed by atoms with Gasteiger partial charge in [0, 0.05) is 12.3 Å². The summed E-state index contributed by atoms with van der Waals surface area (Å²) in [6.07, 6.45) is 1.38. The summed E-state index contributed by atoms with van der Waals surface area (Å²) in [6, 6.07) is 9.82. The van der Waals surface area contributed by atoms with E-state index < -0.39 is 5.97 Å². The number of pyridine rings is 1. The summed E-state index contributed by atoms with van der Waals surface area (Å²) in [5, 5.41) is 8.87. The van der Waals surface area contributed by atoms with Gasteiger partial charge in [-0.25, -0.2) is 9.78 Å². The Balaban J connectivity index is 2.28. The second-order valence-electron chi connectivity index (χ2n) is 3.44. The van der Waals surface area contributed by atoms with Gasteiger partial charge >= 0.3 is 5.97 Å². The molecule has 0 amide bonds.